The van der Waals surface area contributed by atoms with Gasteiger partial charge in [-0.1, -0.05) is 25.7 Å². The Morgan fingerprint density at radius 3 is 2.09 bits per heavy atom. The number of rotatable bonds is 7. The number of halogens is 1. The lowest BCUT2D eigenvalue weighted by molar-refractivity contribution is -0.105. The van der Waals surface area contributed by atoms with Crippen LogP contribution in [0.5, 0.6) is 5.75 Å². The molecule has 1 aromatic heterocycles. The molecule has 9 nitrogen and oxygen atoms in total. The molecule has 1 saturated carbocycles. The number of hydrogen-bond donors (Lipinski definition) is 4. The highest BCUT2D eigenvalue weighted by molar-refractivity contribution is 5.57. The molecule has 0 radical (unpaired) electrons. The van der Waals surface area contributed by atoms with Crippen LogP contribution in [0.25, 0.3) is 0 Å². The summed E-state index contributed by atoms with van der Waals surface area (Å²) in [7, 11) is 1.43. The molecule has 4 rings (SSSR count). The fourth-order valence-corrected chi connectivity index (χ4v) is 4.23. The minimum Gasteiger partial charge on any atom is -0.494 e. The van der Waals surface area contributed by atoms with Crippen LogP contribution in [0.3, 0.4) is 0 Å². The molecule has 0 bridgehead atoms. The van der Waals surface area contributed by atoms with Gasteiger partial charge in [0.15, 0.2) is 11.6 Å². The normalized spacial score (nSPS) is 18.7. The molecule has 0 amide bonds. The van der Waals surface area contributed by atoms with Gasteiger partial charge in [-0.15, -0.1) is 0 Å². The summed E-state index contributed by atoms with van der Waals surface area (Å²) in [4.78, 5) is 13.7. The molecule has 2 heterocycles. The van der Waals surface area contributed by atoms with Crippen molar-refractivity contribution in [1.82, 2.24) is 20.0 Å². The van der Waals surface area contributed by atoms with Crippen LogP contribution in [-0.2, 0) is 0 Å². The predicted octanol–water partition coefficient (Wildman–Crippen LogP) is 4.16. The van der Waals surface area contributed by atoms with E-state index >= 15 is 0 Å². The summed E-state index contributed by atoms with van der Waals surface area (Å²) in [5, 5.41) is 20.9. The topological polar surface area (TPSA) is 107 Å². The van der Waals surface area contributed by atoms with E-state index in [-0.39, 0.29) is 11.8 Å². The third-order valence-corrected chi connectivity index (χ3v) is 6.04. The lowest BCUT2D eigenvalue weighted by Gasteiger charge is -2.28. The third-order valence-electron chi connectivity index (χ3n) is 6.04. The van der Waals surface area contributed by atoms with Crippen molar-refractivity contribution in [2.24, 2.45) is 0 Å². The Bertz CT molecular complexity index is 885. The second-order valence-corrected chi connectivity index (χ2v) is 8.49. The molecule has 2 aromatic rings. The van der Waals surface area contributed by atoms with E-state index in [4.69, 9.17) is 4.74 Å². The van der Waals surface area contributed by atoms with E-state index in [1.165, 1.54) is 43.9 Å². The van der Waals surface area contributed by atoms with Crippen LogP contribution in [-0.4, -0.2) is 57.5 Å². The number of benzene rings is 1. The average molecular weight is 446 g/mol. The molecule has 0 atom stereocenters. The van der Waals surface area contributed by atoms with Crippen LogP contribution in [0.4, 0.5) is 27.9 Å². The van der Waals surface area contributed by atoms with E-state index < -0.39 is 5.82 Å². The fourth-order valence-electron chi connectivity index (χ4n) is 4.23. The minimum absolute atomic E-state index is 0.165. The molecular weight excluding hydrogens is 413 g/mol. The van der Waals surface area contributed by atoms with Crippen molar-refractivity contribution in [3.05, 3.63) is 24.0 Å². The zero-order chi connectivity index (χ0) is 22.3. The second kappa shape index (κ2) is 10.7. The number of ether oxygens (including phenoxy) is 1. The summed E-state index contributed by atoms with van der Waals surface area (Å²) in [6.45, 7) is 1.21. The number of aromatic nitrogens is 3. The largest absolute Gasteiger partial charge is 0.494 e. The van der Waals surface area contributed by atoms with E-state index in [2.05, 4.69) is 30.9 Å². The zero-order valence-corrected chi connectivity index (χ0v) is 18.5. The molecule has 10 heteroatoms. The number of hydrogen-bond acceptors (Lipinski definition) is 9. The first-order valence-electron chi connectivity index (χ1n) is 11.4. The molecule has 1 saturated heterocycles. The van der Waals surface area contributed by atoms with Crippen molar-refractivity contribution in [3.8, 4) is 5.75 Å². The fraction of sp³-hybridized carbons (Fsp3) is 0.591. The van der Waals surface area contributed by atoms with Crippen LogP contribution < -0.4 is 20.7 Å². The van der Waals surface area contributed by atoms with Gasteiger partial charge in [-0.2, -0.15) is 20.0 Å². The van der Waals surface area contributed by atoms with Crippen LogP contribution in [0.2, 0.25) is 0 Å². The van der Waals surface area contributed by atoms with Gasteiger partial charge in [-0.05, 0) is 37.8 Å². The Kier molecular flexibility index (Phi) is 7.54. The van der Waals surface area contributed by atoms with Gasteiger partial charge in [0.2, 0.25) is 17.8 Å². The number of piperidine rings is 1. The zero-order valence-electron chi connectivity index (χ0n) is 18.5. The smallest absolute Gasteiger partial charge is 0.233 e. The lowest BCUT2D eigenvalue weighted by Crippen LogP contribution is -2.37. The number of nitrogens with one attached hydrogen (secondary N) is 3. The van der Waals surface area contributed by atoms with E-state index in [9.17, 15) is 9.60 Å². The van der Waals surface area contributed by atoms with Gasteiger partial charge in [0.05, 0.1) is 7.11 Å². The van der Waals surface area contributed by atoms with Gasteiger partial charge < -0.3 is 25.9 Å². The van der Waals surface area contributed by atoms with E-state index in [0.717, 1.165) is 25.7 Å². The van der Waals surface area contributed by atoms with E-state index in [0.29, 0.717) is 42.7 Å². The van der Waals surface area contributed by atoms with Crippen LogP contribution in [0.15, 0.2) is 18.2 Å². The van der Waals surface area contributed by atoms with E-state index in [1.807, 2.05) is 0 Å². The first kappa shape index (κ1) is 22.5. The molecule has 0 unspecified atom stereocenters. The number of nitrogens with zero attached hydrogens (tertiary/aromatic N) is 4. The number of anilines is 4. The number of methoxy groups -OCH3 is 1. The van der Waals surface area contributed by atoms with Gasteiger partial charge in [0, 0.05) is 36.9 Å². The van der Waals surface area contributed by atoms with Gasteiger partial charge in [0.25, 0.3) is 0 Å². The van der Waals surface area contributed by atoms with Crippen molar-refractivity contribution < 1.29 is 14.3 Å². The quantitative estimate of drug-likeness (QED) is 0.467. The molecule has 32 heavy (non-hydrogen) atoms. The van der Waals surface area contributed by atoms with Crippen molar-refractivity contribution in [3.63, 3.8) is 0 Å². The molecule has 4 N–H and O–H groups in total. The summed E-state index contributed by atoms with van der Waals surface area (Å²) < 4.78 is 19.1. The average Bonchev–Trinajstić information content (AvgIpc) is 3.04. The van der Waals surface area contributed by atoms with Crippen molar-refractivity contribution in [1.29, 1.82) is 0 Å². The summed E-state index contributed by atoms with van der Waals surface area (Å²) in [6, 6.07) is 5.12. The Morgan fingerprint density at radius 2 is 1.50 bits per heavy atom. The van der Waals surface area contributed by atoms with Gasteiger partial charge >= 0.3 is 0 Å². The van der Waals surface area contributed by atoms with Crippen LogP contribution >= 0.6 is 0 Å². The standard InChI is InChI=1S/C22H32FN7O2/c1-32-19-9-8-17(14-18(19)23)26-22-28-20(24-15-6-4-2-3-5-7-15)27-21(29-22)25-16-10-12-30(31)13-11-16/h8-9,14-16,31H,2-7,10-13H2,1H3,(H3,24,25,26,27,28,29). The van der Waals surface area contributed by atoms with Crippen molar-refractivity contribution in [2.45, 2.75) is 63.5 Å². The lowest BCUT2D eigenvalue weighted by atomic mass is 10.1. The third kappa shape index (κ3) is 6.17. The molecule has 2 aliphatic rings. The molecule has 1 aromatic carbocycles. The van der Waals surface area contributed by atoms with Gasteiger partial charge in [0.1, 0.15) is 0 Å². The first-order valence-corrected chi connectivity index (χ1v) is 11.4. The first-order chi connectivity index (χ1) is 15.6. The Morgan fingerprint density at radius 1 is 0.906 bits per heavy atom. The van der Waals surface area contributed by atoms with E-state index in [1.54, 1.807) is 12.1 Å². The van der Waals surface area contributed by atoms with Gasteiger partial charge in [-0.3, -0.25) is 0 Å². The summed E-state index contributed by atoms with van der Waals surface area (Å²) in [5.41, 5.74) is 0.523. The van der Waals surface area contributed by atoms with Gasteiger partial charge in [-0.25, -0.2) is 4.39 Å². The number of hydroxylamine groups is 2. The highest BCUT2D eigenvalue weighted by atomic mass is 19.1. The molecule has 174 valence electrons. The van der Waals surface area contributed by atoms with Crippen molar-refractivity contribution >= 4 is 23.5 Å². The second-order valence-electron chi connectivity index (χ2n) is 8.49. The Hall–Kier alpha value is -2.72. The summed E-state index contributed by atoms with van der Waals surface area (Å²) in [6.07, 6.45) is 8.70. The SMILES string of the molecule is COc1ccc(Nc2nc(NC3CCCCCC3)nc(NC3CCN(O)CC3)n2)cc1F. The molecule has 1 aliphatic carbocycles. The Labute approximate surface area is 187 Å². The monoisotopic (exact) mass is 445 g/mol. The Balaban J connectivity index is 1.53. The maximum Gasteiger partial charge on any atom is 0.233 e. The molecule has 2 fully saturated rings. The highest BCUT2D eigenvalue weighted by Crippen LogP contribution is 2.25. The predicted molar refractivity (Wildman–Crippen MR) is 121 cm³/mol. The highest BCUT2D eigenvalue weighted by Gasteiger charge is 2.20. The maximum absolute atomic E-state index is 14.1. The summed E-state index contributed by atoms with van der Waals surface area (Å²) >= 11 is 0. The molecular formula is C22H32FN7O2. The van der Waals surface area contributed by atoms with Crippen LogP contribution in [0.1, 0.15) is 51.4 Å². The van der Waals surface area contributed by atoms with Crippen molar-refractivity contribution in [2.75, 3.05) is 36.1 Å². The summed E-state index contributed by atoms with van der Waals surface area (Å²) in [5.74, 6) is 1.02. The van der Waals surface area contributed by atoms with Crippen LogP contribution in [0, 0.1) is 5.82 Å². The minimum atomic E-state index is -0.461. The molecule has 1 aliphatic heterocycles. The maximum atomic E-state index is 14.1. The molecule has 0 spiro atoms.